The Labute approximate surface area is 172 Å². The number of nitrogens with zero attached hydrogens (tertiary/aromatic N) is 3. The van der Waals surface area contributed by atoms with Gasteiger partial charge in [-0.05, 0) is 30.7 Å². The number of sulfonamides is 1. The third-order valence-corrected chi connectivity index (χ3v) is 6.74. The molecule has 0 saturated carbocycles. The molecule has 0 saturated heterocycles. The summed E-state index contributed by atoms with van der Waals surface area (Å²) in [4.78, 5) is 12.8. The molecule has 0 aliphatic heterocycles. The van der Waals surface area contributed by atoms with Crippen LogP contribution < -0.4 is 9.62 Å². The number of rotatable bonds is 8. The molecule has 1 heterocycles. The van der Waals surface area contributed by atoms with Gasteiger partial charge >= 0.3 is 0 Å². The second-order valence-corrected chi connectivity index (χ2v) is 11.1. The van der Waals surface area contributed by atoms with Gasteiger partial charge in [-0.2, -0.15) is 0 Å². The lowest BCUT2D eigenvalue weighted by molar-refractivity contribution is -0.117. The fourth-order valence-electron chi connectivity index (χ4n) is 2.35. The number of amides is 1. The summed E-state index contributed by atoms with van der Waals surface area (Å²) < 4.78 is 26.6. The minimum Gasteiger partial charge on any atom is -0.299 e. The number of aromatic nitrogens is 2. The number of nitrogens with one attached hydrogen (secondary N) is 1. The number of carbonyl (C=O) groups excluding carboxylic acids is 1. The molecule has 11 heteroatoms. The van der Waals surface area contributed by atoms with Gasteiger partial charge in [0.15, 0.2) is 4.34 Å². The van der Waals surface area contributed by atoms with Crippen LogP contribution in [0.2, 0.25) is 5.02 Å². The Morgan fingerprint density at radius 3 is 2.44 bits per heavy atom. The summed E-state index contributed by atoms with van der Waals surface area (Å²) in [5, 5.41) is 11.8. The van der Waals surface area contributed by atoms with Gasteiger partial charge in [-0.1, -0.05) is 55.5 Å². The Balaban J connectivity index is 2.26. The zero-order chi connectivity index (χ0) is 20.2. The number of anilines is 2. The summed E-state index contributed by atoms with van der Waals surface area (Å²) in [6, 6.07) is 5.38. The molecule has 1 N–H and O–H groups in total. The Bertz CT molecular complexity index is 885. The van der Waals surface area contributed by atoms with E-state index in [-0.39, 0.29) is 6.42 Å². The fourth-order valence-corrected chi connectivity index (χ4v) is 5.66. The second kappa shape index (κ2) is 9.22. The number of hydrogen-bond acceptors (Lipinski definition) is 7. The lowest BCUT2D eigenvalue weighted by Crippen LogP contribution is -2.46. The van der Waals surface area contributed by atoms with Gasteiger partial charge in [0.2, 0.25) is 21.1 Å². The SMILES string of the molecule is CC[C@@H](C(=O)Nc1nnc(SC(C)C)s1)N(c1ccc(Cl)cc1)S(C)(=O)=O. The largest absolute Gasteiger partial charge is 0.299 e. The van der Waals surface area contributed by atoms with Crippen LogP contribution >= 0.6 is 34.7 Å². The predicted molar refractivity (Wildman–Crippen MR) is 112 cm³/mol. The summed E-state index contributed by atoms with van der Waals surface area (Å²) in [6.45, 7) is 5.82. The lowest BCUT2D eigenvalue weighted by atomic mass is 10.2. The first-order valence-corrected chi connectivity index (χ1v) is 12.1. The number of thioether (sulfide) groups is 1. The van der Waals surface area contributed by atoms with Crippen LogP contribution in [0, 0.1) is 0 Å². The number of carbonyl (C=O) groups is 1. The minimum atomic E-state index is -3.70. The molecule has 0 unspecified atom stereocenters. The van der Waals surface area contributed by atoms with E-state index in [0.29, 0.717) is 21.1 Å². The van der Waals surface area contributed by atoms with Crippen molar-refractivity contribution in [2.24, 2.45) is 0 Å². The normalized spacial score (nSPS) is 12.8. The van der Waals surface area contributed by atoms with Gasteiger partial charge in [-0.3, -0.25) is 14.4 Å². The van der Waals surface area contributed by atoms with Crippen molar-refractivity contribution >= 4 is 61.4 Å². The molecule has 0 radical (unpaired) electrons. The minimum absolute atomic E-state index is 0.286. The number of halogens is 1. The highest BCUT2D eigenvalue weighted by atomic mass is 35.5. The van der Waals surface area contributed by atoms with Gasteiger partial charge in [-0.15, -0.1) is 10.2 Å². The van der Waals surface area contributed by atoms with E-state index in [9.17, 15) is 13.2 Å². The van der Waals surface area contributed by atoms with E-state index in [2.05, 4.69) is 15.5 Å². The Hall–Kier alpha value is -1.36. The van der Waals surface area contributed by atoms with Crippen LogP contribution in [-0.2, 0) is 14.8 Å². The van der Waals surface area contributed by atoms with E-state index in [1.807, 2.05) is 13.8 Å². The molecule has 0 bridgehead atoms. The van der Waals surface area contributed by atoms with E-state index in [4.69, 9.17) is 11.6 Å². The molecule has 1 atom stereocenters. The number of hydrogen-bond donors (Lipinski definition) is 1. The van der Waals surface area contributed by atoms with E-state index < -0.39 is 22.0 Å². The first kappa shape index (κ1) is 21.9. The second-order valence-electron chi connectivity index (χ2n) is 5.99. The van der Waals surface area contributed by atoms with Crippen molar-refractivity contribution in [3.05, 3.63) is 29.3 Å². The Kier molecular flexibility index (Phi) is 7.49. The molecular formula is C16H21ClN4O3S3. The van der Waals surface area contributed by atoms with E-state index in [1.54, 1.807) is 43.0 Å². The molecule has 0 aliphatic rings. The van der Waals surface area contributed by atoms with Crippen molar-refractivity contribution in [3.8, 4) is 0 Å². The molecule has 0 spiro atoms. The van der Waals surface area contributed by atoms with Crippen molar-refractivity contribution in [1.82, 2.24) is 10.2 Å². The van der Waals surface area contributed by atoms with Crippen molar-refractivity contribution in [2.75, 3.05) is 15.9 Å². The van der Waals surface area contributed by atoms with E-state index in [1.165, 1.54) is 11.3 Å². The molecule has 1 aromatic heterocycles. The average molecular weight is 449 g/mol. The van der Waals surface area contributed by atoms with Crippen molar-refractivity contribution in [2.45, 2.75) is 42.8 Å². The maximum absolute atomic E-state index is 12.8. The highest BCUT2D eigenvalue weighted by molar-refractivity contribution is 8.01. The maximum Gasteiger partial charge on any atom is 0.250 e. The summed E-state index contributed by atoms with van der Waals surface area (Å²) >= 11 is 8.69. The molecule has 1 amide bonds. The maximum atomic E-state index is 12.8. The first-order chi connectivity index (χ1) is 12.6. The zero-order valence-corrected chi connectivity index (χ0v) is 18.5. The van der Waals surface area contributed by atoms with Crippen LogP contribution in [0.4, 0.5) is 10.8 Å². The highest BCUT2D eigenvalue weighted by Crippen LogP contribution is 2.29. The Morgan fingerprint density at radius 1 is 1.30 bits per heavy atom. The molecule has 0 aliphatic carbocycles. The highest BCUT2D eigenvalue weighted by Gasteiger charge is 2.32. The smallest absolute Gasteiger partial charge is 0.250 e. The van der Waals surface area contributed by atoms with Crippen LogP contribution in [0.15, 0.2) is 28.6 Å². The third kappa shape index (κ3) is 6.06. The summed E-state index contributed by atoms with van der Waals surface area (Å²) in [5.74, 6) is -0.463. The van der Waals surface area contributed by atoms with Crippen LogP contribution in [0.3, 0.4) is 0 Å². The van der Waals surface area contributed by atoms with Gasteiger partial charge in [0, 0.05) is 10.3 Å². The molecule has 2 rings (SSSR count). The van der Waals surface area contributed by atoms with E-state index in [0.717, 1.165) is 14.9 Å². The molecule has 7 nitrogen and oxygen atoms in total. The summed E-state index contributed by atoms with van der Waals surface area (Å²) in [7, 11) is -3.70. The monoisotopic (exact) mass is 448 g/mol. The summed E-state index contributed by atoms with van der Waals surface area (Å²) in [5.41, 5.74) is 0.372. The molecule has 1 aromatic carbocycles. The lowest BCUT2D eigenvalue weighted by Gasteiger charge is -2.29. The standard InChI is InChI=1S/C16H21ClN4O3S3/c1-5-13(14(22)18-15-19-20-16(26-15)25-10(2)3)21(27(4,23)24)12-8-6-11(17)7-9-12/h6-10,13H,5H2,1-4H3,(H,18,19,22)/t13-/m0/s1. The van der Waals surface area contributed by atoms with Crippen molar-refractivity contribution in [1.29, 1.82) is 0 Å². The van der Waals surface area contributed by atoms with Gasteiger partial charge in [0.25, 0.3) is 0 Å². The molecule has 148 valence electrons. The van der Waals surface area contributed by atoms with Crippen LogP contribution in [0.1, 0.15) is 27.2 Å². The molecular weight excluding hydrogens is 428 g/mol. The first-order valence-electron chi connectivity index (χ1n) is 8.17. The Morgan fingerprint density at radius 2 is 1.93 bits per heavy atom. The van der Waals surface area contributed by atoms with Crippen molar-refractivity contribution in [3.63, 3.8) is 0 Å². The van der Waals surface area contributed by atoms with Gasteiger partial charge in [0.1, 0.15) is 6.04 Å². The summed E-state index contributed by atoms with van der Waals surface area (Å²) in [6.07, 6.45) is 1.35. The van der Waals surface area contributed by atoms with Gasteiger partial charge in [-0.25, -0.2) is 8.42 Å². The average Bonchev–Trinajstić information content (AvgIpc) is 2.98. The molecule has 27 heavy (non-hydrogen) atoms. The van der Waals surface area contributed by atoms with Gasteiger partial charge < -0.3 is 0 Å². The topological polar surface area (TPSA) is 92.3 Å². The van der Waals surface area contributed by atoms with Crippen LogP contribution in [0.25, 0.3) is 0 Å². The van der Waals surface area contributed by atoms with Crippen molar-refractivity contribution < 1.29 is 13.2 Å². The van der Waals surface area contributed by atoms with Gasteiger partial charge in [0.05, 0.1) is 11.9 Å². The molecule has 2 aromatic rings. The molecule has 0 fully saturated rings. The quantitative estimate of drug-likeness (QED) is 0.486. The number of benzene rings is 1. The third-order valence-electron chi connectivity index (χ3n) is 3.38. The van der Waals surface area contributed by atoms with Crippen LogP contribution in [-0.4, -0.2) is 42.1 Å². The van der Waals surface area contributed by atoms with E-state index >= 15 is 0 Å². The predicted octanol–water partition coefficient (Wildman–Crippen LogP) is 3.88. The fraction of sp³-hybridized carbons (Fsp3) is 0.438. The van der Waals surface area contributed by atoms with Crippen LogP contribution in [0.5, 0.6) is 0 Å². The zero-order valence-electron chi connectivity index (χ0n) is 15.3.